The van der Waals surface area contributed by atoms with E-state index in [9.17, 15) is 5.11 Å². The average Bonchev–Trinajstić information content (AvgIpc) is 2.47. The lowest BCUT2D eigenvalue weighted by atomic mass is 10.1. The predicted molar refractivity (Wildman–Crippen MR) is 84.4 cm³/mol. The minimum absolute atomic E-state index is 0.513. The second-order valence-corrected chi connectivity index (χ2v) is 5.31. The maximum absolute atomic E-state index is 9.64. The fraction of sp³-hybridized carbons (Fsp3) is 0.250. The van der Waals surface area contributed by atoms with Gasteiger partial charge in [-0.15, -0.1) is 0 Å². The lowest BCUT2D eigenvalue weighted by molar-refractivity contribution is 0.198. The van der Waals surface area contributed by atoms with Gasteiger partial charge in [-0.1, -0.05) is 28.1 Å². The van der Waals surface area contributed by atoms with Crippen molar-refractivity contribution in [1.29, 1.82) is 0 Å². The van der Waals surface area contributed by atoms with Crippen molar-refractivity contribution in [3.05, 3.63) is 46.4 Å². The normalized spacial score (nSPS) is 11.9. The van der Waals surface area contributed by atoms with Gasteiger partial charge in [-0.3, -0.25) is 0 Å². The molecule has 5 heteroatoms. The van der Waals surface area contributed by atoms with Crippen molar-refractivity contribution in [1.82, 2.24) is 0 Å². The van der Waals surface area contributed by atoms with Gasteiger partial charge >= 0.3 is 0 Å². The molecule has 1 N–H and O–H groups in total. The fourth-order valence-electron chi connectivity index (χ4n) is 1.95. The summed E-state index contributed by atoms with van der Waals surface area (Å²) in [6, 6.07) is 10.8. The first kappa shape index (κ1) is 15.7. The Labute approximate surface area is 132 Å². The highest BCUT2D eigenvalue weighted by atomic mass is 79.9. The third kappa shape index (κ3) is 3.49. The lowest BCUT2D eigenvalue weighted by Crippen LogP contribution is -1.96. The topological polar surface area (TPSA) is 47.9 Å². The van der Waals surface area contributed by atoms with E-state index in [1.807, 2.05) is 12.1 Å². The average molecular weight is 353 g/mol. The van der Waals surface area contributed by atoms with Gasteiger partial charge < -0.3 is 19.3 Å². The summed E-state index contributed by atoms with van der Waals surface area (Å²) in [5, 5.41) is 9.64. The second kappa shape index (κ2) is 6.83. The summed E-state index contributed by atoms with van der Waals surface area (Å²) >= 11 is 3.43. The molecule has 0 amide bonds. The molecule has 0 radical (unpaired) electrons. The third-order valence-electron chi connectivity index (χ3n) is 3.02. The van der Waals surface area contributed by atoms with Crippen LogP contribution >= 0.6 is 15.9 Å². The number of aliphatic hydroxyl groups is 1. The first-order chi connectivity index (χ1) is 10.1. The fourth-order valence-corrected chi connectivity index (χ4v) is 2.63. The number of benzene rings is 2. The molecule has 0 aliphatic rings. The van der Waals surface area contributed by atoms with E-state index in [1.54, 1.807) is 45.4 Å². The van der Waals surface area contributed by atoms with Gasteiger partial charge in [-0.05, 0) is 36.8 Å². The highest BCUT2D eigenvalue weighted by Crippen LogP contribution is 2.40. The van der Waals surface area contributed by atoms with E-state index in [4.69, 9.17) is 14.2 Å². The molecule has 21 heavy (non-hydrogen) atoms. The standard InChI is InChI=1S/C16H17BrO4/c1-10(18)12-8-7-11(9-13(12)17)21-16-14(19-2)5-4-6-15(16)20-3/h4-10,18H,1-3H3/t10-/m0/s1. The Bertz CT molecular complexity index is 603. The summed E-state index contributed by atoms with van der Waals surface area (Å²) in [5.74, 6) is 2.31. The Kier molecular flexibility index (Phi) is 5.09. The van der Waals surface area contributed by atoms with Gasteiger partial charge in [0.25, 0.3) is 0 Å². The van der Waals surface area contributed by atoms with E-state index in [1.165, 1.54) is 0 Å². The van der Waals surface area contributed by atoms with Crippen LogP contribution in [0, 0.1) is 0 Å². The van der Waals surface area contributed by atoms with Crippen molar-refractivity contribution in [2.24, 2.45) is 0 Å². The molecule has 2 aromatic carbocycles. The number of halogens is 1. The molecule has 4 nitrogen and oxygen atoms in total. The monoisotopic (exact) mass is 352 g/mol. The highest BCUT2D eigenvalue weighted by molar-refractivity contribution is 9.10. The Morgan fingerprint density at radius 3 is 2.14 bits per heavy atom. The molecule has 112 valence electrons. The van der Waals surface area contributed by atoms with E-state index in [0.29, 0.717) is 23.0 Å². The molecule has 0 bridgehead atoms. The van der Waals surface area contributed by atoms with E-state index in [-0.39, 0.29) is 0 Å². The van der Waals surface area contributed by atoms with Crippen LogP contribution in [-0.4, -0.2) is 19.3 Å². The van der Waals surface area contributed by atoms with Crippen LogP contribution in [0.4, 0.5) is 0 Å². The van der Waals surface area contributed by atoms with Crippen molar-refractivity contribution in [2.45, 2.75) is 13.0 Å². The van der Waals surface area contributed by atoms with E-state index in [0.717, 1.165) is 10.0 Å². The molecule has 2 aromatic rings. The van der Waals surface area contributed by atoms with Gasteiger partial charge in [-0.25, -0.2) is 0 Å². The van der Waals surface area contributed by atoms with Crippen LogP contribution in [0.1, 0.15) is 18.6 Å². The molecule has 0 heterocycles. The number of rotatable bonds is 5. The Hall–Kier alpha value is -1.72. The maximum Gasteiger partial charge on any atom is 0.210 e. The minimum Gasteiger partial charge on any atom is -0.493 e. The van der Waals surface area contributed by atoms with Crippen LogP contribution in [0.3, 0.4) is 0 Å². The van der Waals surface area contributed by atoms with Crippen molar-refractivity contribution in [2.75, 3.05) is 14.2 Å². The quantitative estimate of drug-likeness (QED) is 0.870. The minimum atomic E-state index is -0.547. The number of hydrogen-bond acceptors (Lipinski definition) is 4. The summed E-state index contributed by atoms with van der Waals surface area (Å²) in [5.41, 5.74) is 0.800. The number of methoxy groups -OCH3 is 2. The molecule has 2 rings (SSSR count). The molecule has 0 aliphatic heterocycles. The third-order valence-corrected chi connectivity index (χ3v) is 3.71. The van der Waals surface area contributed by atoms with Crippen LogP contribution in [0.15, 0.2) is 40.9 Å². The summed E-state index contributed by atoms with van der Waals surface area (Å²) < 4.78 is 17.2. The first-order valence-electron chi connectivity index (χ1n) is 6.43. The molecule has 0 aromatic heterocycles. The van der Waals surface area contributed by atoms with Crippen molar-refractivity contribution in [3.63, 3.8) is 0 Å². The Morgan fingerprint density at radius 1 is 1.05 bits per heavy atom. The second-order valence-electron chi connectivity index (χ2n) is 4.45. The first-order valence-corrected chi connectivity index (χ1v) is 7.22. The molecular weight excluding hydrogens is 336 g/mol. The van der Waals surface area contributed by atoms with E-state index in [2.05, 4.69) is 15.9 Å². The zero-order valence-corrected chi connectivity index (χ0v) is 13.7. The maximum atomic E-state index is 9.64. The van der Waals surface area contributed by atoms with Gasteiger partial charge in [-0.2, -0.15) is 0 Å². The van der Waals surface area contributed by atoms with Gasteiger partial charge in [0, 0.05) is 4.47 Å². The SMILES string of the molecule is COc1cccc(OC)c1Oc1ccc([C@H](C)O)c(Br)c1. The van der Waals surface area contributed by atoms with Gasteiger partial charge in [0.05, 0.1) is 20.3 Å². The number of aliphatic hydroxyl groups excluding tert-OH is 1. The Morgan fingerprint density at radius 2 is 1.67 bits per heavy atom. The molecule has 1 atom stereocenters. The van der Waals surface area contributed by atoms with Crippen molar-refractivity contribution >= 4 is 15.9 Å². The van der Waals surface area contributed by atoms with Crippen LogP contribution < -0.4 is 14.2 Å². The smallest absolute Gasteiger partial charge is 0.210 e. The van der Waals surface area contributed by atoms with Crippen LogP contribution in [-0.2, 0) is 0 Å². The van der Waals surface area contributed by atoms with E-state index >= 15 is 0 Å². The van der Waals surface area contributed by atoms with Crippen molar-refractivity contribution < 1.29 is 19.3 Å². The van der Waals surface area contributed by atoms with Crippen molar-refractivity contribution in [3.8, 4) is 23.0 Å². The summed E-state index contributed by atoms with van der Waals surface area (Å²) in [4.78, 5) is 0. The molecule has 0 saturated heterocycles. The van der Waals surface area contributed by atoms with Gasteiger partial charge in [0.1, 0.15) is 5.75 Å². The Balaban J connectivity index is 2.36. The largest absolute Gasteiger partial charge is 0.493 e. The van der Waals surface area contributed by atoms with E-state index < -0.39 is 6.10 Å². The van der Waals surface area contributed by atoms with Crippen LogP contribution in [0.5, 0.6) is 23.0 Å². The highest BCUT2D eigenvalue weighted by Gasteiger charge is 2.14. The molecule has 0 fully saturated rings. The molecule has 0 spiro atoms. The summed E-state index contributed by atoms with van der Waals surface area (Å²) in [6.45, 7) is 1.71. The zero-order valence-electron chi connectivity index (χ0n) is 12.1. The lowest BCUT2D eigenvalue weighted by Gasteiger charge is -2.15. The molecular formula is C16H17BrO4. The van der Waals surface area contributed by atoms with Crippen LogP contribution in [0.25, 0.3) is 0 Å². The summed E-state index contributed by atoms with van der Waals surface area (Å²) in [6.07, 6.45) is -0.547. The number of ether oxygens (including phenoxy) is 3. The van der Waals surface area contributed by atoms with Gasteiger partial charge in [0.2, 0.25) is 5.75 Å². The molecule has 0 unspecified atom stereocenters. The van der Waals surface area contributed by atoms with Gasteiger partial charge in [0.15, 0.2) is 11.5 Å². The number of para-hydroxylation sites is 1. The zero-order chi connectivity index (χ0) is 15.4. The molecule has 0 aliphatic carbocycles. The number of hydrogen-bond donors (Lipinski definition) is 1. The molecule has 0 saturated carbocycles. The summed E-state index contributed by atoms with van der Waals surface area (Å²) in [7, 11) is 3.15. The van der Waals surface area contributed by atoms with Crippen LogP contribution in [0.2, 0.25) is 0 Å². The predicted octanol–water partition coefficient (Wildman–Crippen LogP) is 4.31.